The summed E-state index contributed by atoms with van der Waals surface area (Å²) in [6.45, 7) is 1.81. The molecule has 1 aromatic heterocycles. The van der Waals surface area contributed by atoms with Gasteiger partial charge in [0, 0.05) is 7.05 Å². The average Bonchev–Trinajstić information content (AvgIpc) is 2.12. The van der Waals surface area contributed by atoms with Crippen LogP contribution in [0.4, 0.5) is 0 Å². The molecule has 0 spiro atoms. The number of aldehydes is 1. The molecule has 0 bridgehead atoms. The number of carbonyl (C=O) groups excluding carboxylic acids is 1. The summed E-state index contributed by atoms with van der Waals surface area (Å²) in [5.41, 5.74) is 1.43. The van der Waals surface area contributed by atoms with Crippen LogP contribution in [-0.4, -0.2) is 15.8 Å². The second-order valence-electron chi connectivity index (χ2n) is 1.94. The summed E-state index contributed by atoms with van der Waals surface area (Å²) in [5.74, 6) is 0. The summed E-state index contributed by atoms with van der Waals surface area (Å²) in [7, 11) is 1.80. The molecule has 1 rings (SSSR count). The molecule has 0 N–H and O–H groups in total. The molecule has 0 aliphatic rings. The largest absolute Gasteiger partial charge is 0.331 e. The highest BCUT2D eigenvalue weighted by Crippen LogP contribution is 1.98. The summed E-state index contributed by atoms with van der Waals surface area (Å²) in [6.07, 6.45) is 2.43. The summed E-state index contributed by atoms with van der Waals surface area (Å²) in [5, 5.41) is 0. The van der Waals surface area contributed by atoms with Crippen molar-refractivity contribution in [3.63, 3.8) is 0 Å². The number of hydrogen-bond donors (Lipinski definition) is 0. The first-order valence-electron chi connectivity index (χ1n) is 2.69. The molecule has 0 atom stereocenters. The van der Waals surface area contributed by atoms with Gasteiger partial charge >= 0.3 is 0 Å². The first-order valence-corrected chi connectivity index (χ1v) is 2.69. The van der Waals surface area contributed by atoms with E-state index in [1.54, 1.807) is 17.9 Å². The molecule has 0 radical (unpaired) electrons. The van der Waals surface area contributed by atoms with Gasteiger partial charge in [-0.05, 0) is 6.92 Å². The Balaban J connectivity index is 3.22. The highest BCUT2D eigenvalue weighted by Gasteiger charge is 1.99. The summed E-state index contributed by atoms with van der Waals surface area (Å²) in [6, 6.07) is 0. The van der Waals surface area contributed by atoms with E-state index in [0.717, 1.165) is 12.0 Å². The number of aryl methyl sites for hydroxylation is 2. The maximum Gasteiger partial charge on any atom is 0.168 e. The van der Waals surface area contributed by atoms with Crippen molar-refractivity contribution in [3.8, 4) is 0 Å². The molecule has 0 aliphatic heterocycles. The van der Waals surface area contributed by atoms with E-state index in [0.29, 0.717) is 5.69 Å². The summed E-state index contributed by atoms with van der Waals surface area (Å²) in [4.78, 5) is 14.2. The molecular formula is C6H8N2O. The van der Waals surface area contributed by atoms with Gasteiger partial charge in [0.2, 0.25) is 0 Å². The zero-order valence-electron chi connectivity index (χ0n) is 5.46. The van der Waals surface area contributed by atoms with E-state index in [1.165, 1.54) is 0 Å². The lowest BCUT2D eigenvalue weighted by Gasteiger charge is -1.89. The molecule has 0 aromatic carbocycles. The van der Waals surface area contributed by atoms with Crippen LogP contribution in [0.5, 0.6) is 0 Å². The topological polar surface area (TPSA) is 34.9 Å². The highest BCUT2D eigenvalue weighted by atomic mass is 16.1. The van der Waals surface area contributed by atoms with E-state index in [2.05, 4.69) is 4.98 Å². The predicted octanol–water partition coefficient (Wildman–Crippen LogP) is 0.541. The van der Waals surface area contributed by atoms with Gasteiger partial charge in [0.1, 0.15) is 5.69 Å². The Labute approximate surface area is 53.3 Å². The lowest BCUT2D eigenvalue weighted by Crippen LogP contribution is -1.93. The zero-order valence-corrected chi connectivity index (χ0v) is 5.46. The molecule has 0 unspecified atom stereocenters. The minimum absolute atomic E-state index is 0.648. The molecule has 1 heterocycles. The van der Waals surface area contributed by atoms with Crippen molar-refractivity contribution >= 4 is 6.29 Å². The van der Waals surface area contributed by atoms with Crippen LogP contribution in [0.1, 0.15) is 16.2 Å². The van der Waals surface area contributed by atoms with Crippen LogP contribution >= 0.6 is 0 Å². The van der Waals surface area contributed by atoms with Gasteiger partial charge in [-0.25, -0.2) is 4.98 Å². The summed E-state index contributed by atoms with van der Waals surface area (Å²) < 4.78 is 1.70. The Morgan fingerprint density at radius 3 is 2.67 bits per heavy atom. The quantitative estimate of drug-likeness (QED) is 0.512. The van der Waals surface area contributed by atoms with Crippen LogP contribution in [0.3, 0.4) is 0 Å². The number of carbonyl (C=O) groups is 1. The Morgan fingerprint density at radius 1 is 1.78 bits per heavy atom. The van der Waals surface area contributed by atoms with Gasteiger partial charge in [0.05, 0.1) is 12.0 Å². The van der Waals surface area contributed by atoms with Crippen molar-refractivity contribution in [2.45, 2.75) is 6.92 Å². The third-order valence-corrected chi connectivity index (χ3v) is 1.29. The van der Waals surface area contributed by atoms with Crippen molar-refractivity contribution in [3.05, 3.63) is 17.7 Å². The van der Waals surface area contributed by atoms with Gasteiger partial charge in [-0.1, -0.05) is 0 Å². The number of nitrogens with zero attached hydrogens (tertiary/aromatic N) is 2. The van der Waals surface area contributed by atoms with Crippen molar-refractivity contribution < 1.29 is 4.79 Å². The smallest absolute Gasteiger partial charge is 0.168 e. The normalized spacial score (nSPS) is 9.56. The second-order valence-corrected chi connectivity index (χ2v) is 1.94. The van der Waals surface area contributed by atoms with Crippen LogP contribution in [0.2, 0.25) is 0 Å². The number of hydrogen-bond acceptors (Lipinski definition) is 2. The third kappa shape index (κ3) is 0.850. The van der Waals surface area contributed by atoms with Crippen LogP contribution in [0, 0.1) is 6.92 Å². The van der Waals surface area contributed by atoms with Gasteiger partial charge in [-0.15, -0.1) is 0 Å². The molecule has 9 heavy (non-hydrogen) atoms. The lowest BCUT2D eigenvalue weighted by molar-refractivity contribution is 0.111. The van der Waals surface area contributed by atoms with Crippen molar-refractivity contribution in [1.29, 1.82) is 0 Å². The van der Waals surface area contributed by atoms with E-state index in [-0.39, 0.29) is 0 Å². The van der Waals surface area contributed by atoms with E-state index >= 15 is 0 Å². The van der Waals surface area contributed by atoms with Crippen LogP contribution in [0.15, 0.2) is 6.33 Å². The molecule has 0 saturated carbocycles. The molecule has 0 saturated heterocycles. The molecule has 48 valence electrons. The van der Waals surface area contributed by atoms with E-state index in [9.17, 15) is 4.79 Å². The highest BCUT2D eigenvalue weighted by molar-refractivity contribution is 5.73. The van der Waals surface area contributed by atoms with Crippen LogP contribution in [-0.2, 0) is 7.05 Å². The van der Waals surface area contributed by atoms with Crippen LogP contribution < -0.4 is 0 Å². The van der Waals surface area contributed by atoms with Gasteiger partial charge in [-0.2, -0.15) is 0 Å². The first-order chi connectivity index (χ1) is 4.25. The minimum atomic E-state index is 0.648. The standard InChI is InChI=1S/C6H8N2O/c1-5-6(3-9)8(2)4-7-5/h3-4H,1-2H3. The van der Waals surface area contributed by atoms with Crippen LogP contribution in [0.25, 0.3) is 0 Å². The molecule has 3 nitrogen and oxygen atoms in total. The second kappa shape index (κ2) is 2.01. The average molecular weight is 124 g/mol. The fourth-order valence-electron chi connectivity index (χ4n) is 0.725. The Morgan fingerprint density at radius 2 is 2.44 bits per heavy atom. The fourth-order valence-corrected chi connectivity index (χ4v) is 0.725. The van der Waals surface area contributed by atoms with E-state index in [1.807, 2.05) is 6.92 Å². The van der Waals surface area contributed by atoms with Gasteiger partial charge in [0.15, 0.2) is 6.29 Å². The molecular weight excluding hydrogens is 116 g/mol. The summed E-state index contributed by atoms with van der Waals surface area (Å²) >= 11 is 0. The fraction of sp³-hybridized carbons (Fsp3) is 0.333. The molecule has 1 aromatic rings. The SMILES string of the molecule is Cc1ncn(C)c1C=O. The third-order valence-electron chi connectivity index (χ3n) is 1.29. The minimum Gasteiger partial charge on any atom is -0.331 e. The Bertz CT molecular complexity index is 207. The van der Waals surface area contributed by atoms with Crippen molar-refractivity contribution in [2.75, 3.05) is 0 Å². The monoisotopic (exact) mass is 124 g/mol. The molecule has 0 amide bonds. The van der Waals surface area contributed by atoms with Gasteiger partial charge in [-0.3, -0.25) is 4.79 Å². The number of imidazole rings is 1. The van der Waals surface area contributed by atoms with Gasteiger partial charge < -0.3 is 4.57 Å². The molecule has 0 aliphatic carbocycles. The van der Waals surface area contributed by atoms with Gasteiger partial charge in [0.25, 0.3) is 0 Å². The van der Waals surface area contributed by atoms with E-state index in [4.69, 9.17) is 0 Å². The maximum absolute atomic E-state index is 10.2. The maximum atomic E-state index is 10.2. The van der Waals surface area contributed by atoms with Crippen molar-refractivity contribution in [2.24, 2.45) is 7.05 Å². The molecule has 0 fully saturated rings. The van der Waals surface area contributed by atoms with E-state index < -0.39 is 0 Å². The Kier molecular flexibility index (Phi) is 1.34. The number of aromatic nitrogens is 2. The molecule has 3 heteroatoms. The Hall–Kier alpha value is -1.12. The first kappa shape index (κ1) is 6.01. The number of rotatable bonds is 1. The predicted molar refractivity (Wildman–Crippen MR) is 33.3 cm³/mol. The van der Waals surface area contributed by atoms with Crippen molar-refractivity contribution in [1.82, 2.24) is 9.55 Å². The zero-order chi connectivity index (χ0) is 6.85. The lowest BCUT2D eigenvalue weighted by atomic mass is 10.4.